The van der Waals surface area contributed by atoms with Gasteiger partial charge >= 0.3 is 6.09 Å². The molecule has 15 rings (SSSR count). The second kappa shape index (κ2) is 31.4. The number of likely N-dealkylation sites (N-methyl/N-ethyl adjacent to an activating group) is 1. The smallest absolute Gasteiger partial charge is 0.407 e. The van der Waals surface area contributed by atoms with Crippen molar-refractivity contribution in [3.63, 3.8) is 0 Å². The maximum atomic E-state index is 14.4. The molecule has 564 valence electrons. The van der Waals surface area contributed by atoms with E-state index in [1.54, 1.807) is 42.4 Å². The quantitative estimate of drug-likeness (QED) is 0.0187. The molecule has 0 spiro atoms. The summed E-state index contributed by atoms with van der Waals surface area (Å²) in [4.78, 5) is 67.6. The van der Waals surface area contributed by atoms with E-state index in [0.717, 1.165) is 161 Å². The minimum Gasteiger partial charge on any atom is -0.744 e. The van der Waals surface area contributed by atoms with Crippen LogP contribution in [0.4, 0.5) is 33.6 Å². The summed E-state index contributed by atoms with van der Waals surface area (Å²) in [7, 11) is -6.68. The highest BCUT2D eigenvalue weighted by Gasteiger charge is 2.43. The van der Waals surface area contributed by atoms with Gasteiger partial charge in [0.25, 0.3) is 5.91 Å². The Bertz CT molecular complexity index is 4960. The molecule has 4 amide bonds. The third-order valence-electron chi connectivity index (χ3n) is 22.9. The molecule has 25 nitrogen and oxygen atoms in total. The standard InChI is InChI=1S/C80H95N13O12S2/c1-4-65-78(96)90(2)66-48-84-79(88-76(66)93(65)55-22-7-8-23-55)87-63-33-30-53(45-67(63)103-3)77(95)81-35-36-82-80(97)104-56-24-11-19-54-47-85-89-64(57(54)32-31-56)42-49-17-10-18-50(41-49)46-83-69(94)29-6-5-9-34-86-106(98,99)68-28-12-25-58(75(68)107(100,101)102)70-61-43-51-20-13-37-91-39-15-26-59(71(51)91)73(61)105-74-60-27-16-40-92-38-14-21-52(72(60)92)44-62(70)74/h10,12,17-18,25,28,30,33,41,43-45,47-48,54-56,65,86,89H,4-9,11,13-16,19-24,26-27,29,31-32,34-40,42,46H2,1-3H3,(H4-,81,82,83,84,87,88,94,95,97,100,101,102)/t54?,56?,65-/m1/s1. The molecule has 2 aliphatic carbocycles. The number of ether oxygens (including phenoxy) is 3. The first-order valence-electron chi connectivity index (χ1n) is 38.4. The Morgan fingerprint density at radius 3 is 2.38 bits per heavy atom. The van der Waals surface area contributed by atoms with Crippen molar-refractivity contribution >= 4 is 84.6 Å². The lowest BCUT2D eigenvalue weighted by atomic mass is 9.82. The van der Waals surface area contributed by atoms with Gasteiger partial charge in [0.15, 0.2) is 5.82 Å². The van der Waals surface area contributed by atoms with Gasteiger partial charge in [-0.25, -0.2) is 35.9 Å². The van der Waals surface area contributed by atoms with Crippen LogP contribution in [0.3, 0.4) is 0 Å². The fourth-order valence-corrected chi connectivity index (χ4v) is 20.4. The van der Waals surface area contributed by atoms with Gasteiger partial charge in [0.05, 0.1) is 29.5 Å². The lowest BCUT2D eigenvalue weighted by molar-refractivity contribution is -0.121. The number of anilines is 5. The number of unbranched alkanes of at least 4 members (excludes halogenated alkanes) is 2. The summed E-state index contributed by atoms with van der Waals surface area (Å²) in [5.74, 6) is 2.45. The van der Waals surface area contributed by atoms with E-state index in [1.807, 2.05) is 31.3 Å². The van der Waals surface area contributed by atoms with Crippen LogP contribution in [0, 0.1) is 5.92 Å². The predicted octanol–water partition coefficient (Wildman–Crippen LogP) is 8.72. The number of amides is 4. The highest BCUT2D eigenvalue weighted by molar-refractivity contribution is 7.91. The number of fused-ring (bicyclic) bond motifs is 6. The third-order valence-corrected chi connectivity index (χ3v) is 25.4. The van der Waals surface area contributed by atoms with E-state index < -0.39 is 36.0 Å². The van der Waals surface area contributed by atoms with Crippen LogP contribution in [0.25, 0.3) is 5.57 Å². The van der Waals surface area contributed by atoms with E-state index in [-0.39, 0.29) is 73.4 Å². The Hall–Kier alpha value is -9.44. The molecule has 6 aromatic rings. The summed E-state index contributed by atoms with van der Waals surface area (Å²) in [6.07, 6.45) is 20.4. The Labute approximate surface area is 624 Å². The van der Waals surface area contributed by atoms with Crippen molar-refractivity contribution in [3.05, 3.63) is 151 Å². The largest absolute Gasteiger partial charge is 0.744 e. The molecule has 2 unspecified atom stereocenters. The average Bonchev–Trinajstić information content (AvgIpc) is 0.789. The number of aromatic nitrogens is 2. The second-order valence-corrected chi connectivity index (χ2v) is 32.8. The van der Waals surface area contributed by atoms with Crippen molar-refractivity contribution < 1.29 is 54.8 Å². The maximum absolute atomic E-state index is 14.4. The van der Waals surface area contributed by atoms with Crippen molar-refractivity contribution in [1.29, 1.82) is 0 Å². The predicted molar refractivity (Wildman–Crippen MR) is 407 cm³/mol. The van der Waals surface area contributed by atoms with Crippen molar-refractivity contribution in [2.75, 3.05) is 80.0 Å². The van der Waals surface area contributed by atoms with Crippen molar-refractivity contribution in [2.24, 2.45) is 11.0 Å². The average molecular weight is 1490 g/mol. The number of hydrazone groups is 1. The number of sulfonamides is 1. The molecule has 107 heavy (non-hydrogen) atoms. The second-order valence-electron chi connectivity index (χ2n) is 29.7. The van der Waals surface area contributed by atoms with E-state index in [0.29, 0.717) is 114 Å². The number of carbonyl (C=O) groups is 4. The van der Waals surface area contributed by atoms with E-state index in [9.17, 15) is 40.6 Å². The molecule has 2 fully saturated rings. The van der Waals surface area contributed by atoms with Crippen LogP contribution >= 0.6 is 0 Å². The lowest BCUT2D eigenvalue weighted by Crippen LogP contribution is -2.55. The maximum Gasteiger partial charge on any atom is 0.407 e. The number of nitrogens with zero attached hydrogens (tertiary/aromatic N) is 7. The number of benzene rings is 5. The van der Waals surface area contributed by atoms with Gasteiger partial charge in [0.1, 0.15) is 63.2 Å². The number of allylic oxidation sites excluding steroid dienone is 2. The molecule has 0 radical (unpaired) electrons. The first kappa shape index (κ1) is 73.1. The number of aryl methyl sites for hydroxylation is 2. The highest BCUT2D eigenvalue weighted by atomic mass is 32.2. The Morgan fingerprint density at radius 2 is 1.56 bits per heavy atom. The Kier molecular flexibility index (Phi) is 21.5. The van der Waals surface area contributed by atoms with Gasteiger partial charge in [-0.1, -0.05) is 62.6 Å². The van der Waals surface area contributed by atoms with Crippen LogP contribution in [-0.4, -0.2) is 140 Å². The minimum absolute atomic E-state index is 0.0381. The van der Waals surface area contributed by atoms with E-state index in [1.165, 1.54) is 35.9 Å². The topological polar surface area (TPSA) is 310 Å². The number of rotatable bonds is 24. The van der Waals surface area contributed by atoms with E-state index >= 15 is 0 Å². The third kappa shape index (κ3) is 15.2. The van der Waals surface area contributed by atoms with Crippen LogP contribution in [0.2, 0.25) is 0 Å². The van der Waals surface area contributed by atoms with Gasteiger partial charge in [-0.05, 0) is 161 Å². The van der Waals surface area contributed by atoms with E-state index in [4.69, 9.17) is 19.2 Å². The van der Waals surface area contributed by atoms with Crippen LogP contribution in [0.15, 0.2) is 105 Å². The van der Waals surface area contributed by atoms with E-state index in [2.05, 4.69) is 74.1 Å². The molecule has 7 aliphatic heterocycles. The van der Waals surface area contributed by atoms with Crippen LogP contribution in [0.5, 0.6) is 17.2 Å². The summed E-state index contributed by atoms with van der Waals surface area (Å²) in [5, 5.41) is 18.4. The van der Waals surface area contributed by atoms with Crippen LogP contribution in [0.1, 0.15) is 177 Å². The molecule has 27 heteroatoms. The molecule has 3 atom stereocenters. The zero-order chi connectivity index (χ0) is 74.1. The van der Waals surface area contributed by atoms with Gasteiger partial charge in [0.2, 0.25) is 33.1 Å². The molecule has 5 aromatic carbocycles. The molecule has 0 saturated heterocycles. The first-order valence-corrected chi connectivity index (χ1v) is 41.3. The Morgan fingerprint density at radius 1 is 0.776 bits per heavy atom. The van der Waals surface area contributed by atoms with Crippen LogP contribution < -0.4 is 70.7 Å². The summed E-state index contributed by atoms with van der Waals surface area (Å²) < 4.78 is 94.0. The first-order chi connectivity index (χ1) is 51.9. The zero-order valence-corrected chi connectivity index (χ0v) is 62.8. The molecular weight excluding hydrogens is 1400 g/mol. The fourth-order valence-electron chi connectivity index (χ4n) is 17.8. The summed E-state index contributed by atoms with van der Waals surface area (Å²) in [5.41, 5.74) is 15.8. The van der Waals surface area contributed by atoms with Crippen molar-refractivity contribution in [3.8, 4) is 17.2 Å². The lowest BCUT2D eigenvalue weighted by Gasteiger charge is -2.43. The molecular formula is C80H95N13O12S2. The summed E-state index contributed by atoms with van der Waals surface area (Å²) >= 11 is 0. The molecule has 8 heterocycles. The van der Waals surface area contributed by atoms with Gasteiger partial charge in [-0.2, -0.15) is 10.1 Å². The Balaban J connectivity index is 0.518. The molecule has 0 bridgehead atoms. The molecule has 1 aromatic heterocycles. The minimum atomic E-state index is -5.41. The van der Waals surface area contributed by atoms with Gasteiger partial charge in [-0.3, -0.25) is 19.8 Å². The number of methoxy groups -OCH3 is 1. The monoisotopic (exact) mass is 1490 g/mol. The molecule has 6 N–H and O–H groups in total. The number of nitrogens with one attached hydrogen (secondary N) is 6. The highest BCUT2D eigenvalue weighted by Crippen LogP contribution is 2.50. The number of alkyl carbamates (subject to hydrolysis) is 1. The van der Waals surface area contributed by atoms with Gasteiger partial charge in [0, 0.05) is 140 Å². The molecule has 2 saturated carbocycles. The van der Waals surface area contributed by atoms with Crippen LogP contribution in [-0.2, 0) is 73.1 Å². The number of carbonyl (C=O) groups excluding carboxylic acids is 4. The zero-order valence-electron chi connectivity index (χ0n) is 61.2. The number of hydrogen-bond acceptors (Lipinski definition) is 19. The van der Waals surface area contributed by atoms with Gasteiger partial charge in [-0.15, -0.1) is 0 Å². The van der Waals surface area contributed by atoms with Crippen molar-refractivity contribution in [1.82, 2.24) is 40.6 Å². The normalized spacial score (nSPS) is 19.5. The summed E-state index contributed by atoms with van der Waals surface area (Å²) in [6, 6.07) is 21.5. The molecule has 9 aliphatic rings. The van der Waals surface area contributed by atoms with Gasteiger partial charge < -0.3 is 54.7 Å². The SMILES string of the molecule is CC[C@@H]1C(=O)N(C)c2cnc(Nc3ccc(C(=O)NCCNC(=O)OC4CCCC5C=NNC(Cc6cccc(CNC(=O)CCCCCNS(=O)(=O)c7cccc(C8=c9cc%10c%11c(c9Oc9c8cc8c%12c9CCCN%12CCC8)CCC[N+]=%11CCC%10)c7S(=O)(=O)[O-])c6)=C5CC4)cc3OC)nc2N1C1CCCC1. The van der Waals surface area contributed by atoms with Crippen molar-refractivity contribution in [2.45, 2.75) is 189 Å². The fraction of sp³-hybridized carbons (Fsp3) is 0.475. The number of hydrogen-bond donors (Lipinski definition) is 6. The summed E-state index contributed by atoms with van der Waals surface area (Å²) in [6.45, 7) is 6.35.